The van der Waals surface area contributed by atoms with Crippen LogP contribution in [-0.2, 0) is 0 Å². The third-order valence-corrected chi connectivity index (χ3v) is 6.49. The number of hydrogen-bond donors (Lipinski definition) is 2. The minimum absolute atomic E-state index is 0.299. The van der Waals surface area contributed by atoms with Crippen LogP contribution < -0.4 is 10.6 Å². The van der Waals surface area contributed by atoms with Gasteiger partial charge in [-0.05, 0) is 46.8 Å². The summed E-state index contributed by atoms with van der Waals surface area (Å²) in [7, 11) is 0. The second-order valence-corrected chi connectivity index (χ2v) is 9.14. The number of fused-ring (bicyclic) bond motifs is 1. The van der Waals surface area contributed by atoms with Gasteiger partial charge in [0.05, 0.1) is 16.4 Å². The van der Waals surface area contributed by atoms with E-state index in [4.69, 9.17) is 4.98 Å². The molecular weight excluding hydrogens is 474 g/mol. The predicted octanol–water partition coefficient (Wildman–Crippen LogP) is 6.57. The number of unbranched alkanes of at least 4 members (excludes halogenated alkanes) is 1. The maximum atomic E-state index is 4.84. The van der Waals surface area contributed by atoms with Crippen molar-refractivity contribution in [1.29, 1.82) is 0 Å². The molecule has 170 valence electrons. The first-order chi connectivity index (χ1) is 16.0. The molecule has 0 fully saturated rings. The number of rotatable bonds is 10. The molecule has 2 aromatic carbocycles. The largest absolute Gasteiger partial charge is 0.388 e. The van der Waals surface area contributed by atoms with Gasteiger partial charge < -0.3 is 10.6 Å². The lowest BCUT2D eigenvalue weighted by Crippen LogP contribution is -2.19. The minimum Gasteiger partial charge on any atom is -0.388 e. The fourth-order valence-electron chi connectivity index (χ4n) is 3.87. The number of benzene rings is 2. The molecule has 2 N–H and O–H groups in total. The molecule has 0 amide bonds. The fourth-order valence-corrected chi connectivity index (χ4v) is 4.22. The van der Waals surface area contributed by atoms with Gasteiger partial charge in [0.25, 0.3) is 0 Å². The maximum Gasteiger partial charge on any atom is 0.172 e. The first kappa shape index (κ1) is 23.1. The van der Waals surface area contributed by atoms with E-state index in [1.807, 2.05) is 16.6 Å². The second kappa shape index (κ2) is 10.7. The molecule has 0 saturated carbocycles. The minimum atomic E-state index is 0.299. The SMILES string of the molecule is C=C(NCCCCNc1cc(-c2ccccc2C)nc2c(Br)cnn12)C(C)c1ccccc1. The van der Waals surface area contributed by atoms with Crippen LogP contribution in [0.3, 0.4) is 0 Å². The lowest BCUT2D eigenvalue weighted by Gasteiger charge is -2.17. The summed E-state index contributed by atoms with van der Waals surface area (Å²) in [5.74, 6) is 1.24. The number of anilines is 1. The Morgan fingerprint density at radius 3 is 2.58 bits per heavy atom. The molecule has 6 heteroatoms. The molecule has 4 rings (SSSR count). The van der Waals surface area contributed by atoms with Crippen molar-refractivity contribution in [3.63, 3.8) is 0 Å². The molecule has 0 aliphatic carbocycles. The zero-order valence-electron chi connectivity index (χ0n) is 19.2. The molecule has 4 aromatic rings. The third kappa shape index (κ3) is 5.45. The lowest BCUT2D eigenvalue weighted by atomic mass is 9.98. The van der Waals surface area contributed by atoms with Crippen LogP contribution in [0, 0.1) is 6.92 Å². The normalized spacial score (nSPS) is 12.0. The van der Waals surface area contributed by atoms with Crippen LogP contribution in [0.5, 0.6) is 0 Å². The highest BCUT2D eigenvalue weighted by molar-refractivity contribution is 9.10. The lowest BCUT2D eigenvalue weighted by molar-refractivity contribution is 0.659. The van der Waals surface area contributed by atoms with Crippen LogP contribution in [0.25, 0.3) is 16.9 Å². The molecule has 2 aromatic heterocycles. The molecule has 1 atom stereocenters. The van der Waals surface area contributed by atoms with Gasteiger partial charge in [0.15, 0.2) is 5.65 Å². The quantitative estimate of drug-likeness (QED) is 0.240. The summed E-state index contributed by atoms with van der Waals surface area (Å²) in [5, 5.41) is 11.5. The standard InChI is InChI=1S/C27H30BrN5/c1-19-11-7-8-14-23(19)25-17-26(33-27(32-25)24(28)18-31-33)30-16-10-9-15-29-21(3)20(2)22-12-5-4-6-13-22/h4-8,11-14,17-18,20,29-30H,3,9-10,15-16H2,1-2H3. The molecule has 33 heavy (non-hydrogen) atoms. The van der Waals surface area contributed by atoms with E-state index in [9.17, 15) is 0 Å². The van der Waals surface area contributed by atoms with Crippen molar-refractivity contribution in [2.45, 2.75) is 32.6 Å². The fraction of sp³-hybridized carbons (Fsp3) is 0.259. The number of aromatic nitrogens is 3. The van der Waals surface area contributed by atoms with Gasteiger partial charge in [-0.2, -0.15) is 9.61 Å². The van der Waals surface area contributed by atoms with Crippen molar-refractivity contribution in [2.75, 3.05) is 18.4 Å². The van der Waals surface area contributed by atoms with Crippen molar-refractivity contribution < 1.29 is 0 Å². The summed E-state index contributed by atoms with van der Waals surface area (Å²) < 4.78 is 2.74. The zero-order valence-corrected chi connectivity index (χ0v) is 20.8. The van der Waals surface area contributed by atoms with E-state index in [1.165, 1.54) is 11.1 Å². The molecule has 0 aliphatic rings. The summed E-state index contributed by atoms with van der Waals surface area (Å²) in [5.41, 5.74) is 6.43. The number of halogens is 1. The Labute approximate surface area is 204 Å². The van der Waals surface area contributed by atoms with E-state index >= 15 is 0 Å². The average molecular weight is 504 g/mol. The van der Waals surface area contributed by atoms with E-state index < -0.39 is 0 Å². The molecule has 5 nitrogen and oxygen atoms in total. The van der Waals surface area contributed by atoms with Gasteiger partial charge >= 0.3 is 0 Å². The number of nitrogens with one attached hydrogen (secondary N) is 2. The molecule has 0 aliphatic heterocycles. The van der Waals surface area contributed by atoms with Crippen molar-refractivity contribution in [3.8, 4) is 11.3 Å². The smallest absolute Gasteiger partial charge is 0.172 e. The van der Waals surface area contributed by atoms with Crippen molar-refractivity contribution in [1.82, 2.24) is 19.9 Å². The average Bonchev–Trinajstić information content (AvgIpc) is 3.22. The van der Waals surface area contributed by atoms with Crippen LogP contribution in [-0.4, -0.2) is 27.7 Å². The summed E-state index contributed by atoms with van der Waals surface area (Å²) >= 11 is 3.58. The highest BCUT2D eigenvalue weighted by Crippen LogP contribution is 2.27. The topological polar surface area (TPSA) is 54.2 Å². The van der Waals surface area contributed by atoms with Gasteiger partial charge in [-0.25, -0.2) is 4.98 Å². The Morgan fingerprint density at radius 2 is 1.79 bits per heavy atom. The first-order valence-corrected chi connectivity index (χ1v) is 12.2. The Balaban J connectivity index is 1.34. The van der Waals surface area contributed by atoms with Crippen molar-refractivity contribution in [3.05, 3.63) is 94.7 Å². The second-order valence-electron chi connectivity index (χ2n) is 8.29. The Hall–Kier alpha value is -3.12. The summed E-state index contributed by atoms with van der Waals surface area (Å²) in [6, 6.07) is 20.9. The highest BCUT2D eigenvalue weighted by atomic mass is 79.9. The number of aryl methyl sites for hydroxylation is 1. The summed E-state index contributed by atoms with van der Waals surface area (Å²) in [4.78, 5) is 4.84. The van der Waals surface area contributed by atoms with Crippen molar-refractivity contribution in [2.24, 2.45) is 0 Å². The number of hydrogen-bond acceptors (Lipinski definition) is 4. The maximum absolute atomic E-state index is 4.84. The summed E-state index contributed by atoms with van der Waals surface area (Å²) in [6.45, 7) is 10.3. The molecule has 0 spiro atoms. The van der Waals surface area contributed by atoms with Gasteiger partial charge in [-0.1, -0.05) is 68.1 Å². The third-order valence-electron chi connectivity index (χ3n) is 5.93. The Kier molecular flexibility index (Phi) is 7.45. The predicted molar refractivity (Wildman–Crippen MR) is 141 cm³/mol. The van der Waals surface area contributed by atoms with E-state index in [2.05, 4.69) is 101 Å². The van der Waals surface area contributed by atoms with Gasteiger partial charge in [-0.3, -0.25) is 0 Å². The van der Waals surface area contributed by atoms with Gasteiger partial charge in [-0.15, -0.1) is 0 Å². The molecule has 0 radical (unpaired) electrons. The Morgan fingerprint density at radius 1 is 1.06 bits per heavy atom. The molecule has 1 unspecified atom stereocenters. The van der Waals surface area contributed by atoms with Crippen molar-refractivity contribution >= 4 is 27.4 Å². The van der Waals surface area contributed by atoms with Crippen LogP contribution in [0.4, 0.5) is 5.82 Å². The van der Waals surface area contributed by atoms with Gasteiger partial charge in [0.2, 0.25) is 0 Å². The van der Waals surface area contributed by atoms with Crippen LogP contribution >= 0.6 is 15.9 Å². The highest BCUT2D eigenvalue weighted by Gasteiger charge is 2.12. The van der Waals surface area contributed by atoms with Crippen LogP contribution in [0.2, 0.25) is 0 Å². The molecule has 0 bridgehead atoms. The zero-order chi connectivity index (χ0) is 23.2. The van der Waals surface area contributed by atoms with Crippen LogP contribution in [0.15, 0.2) is 83.6 Å². The van der Waals surface area contributed by atoms with E-state index in [1.54, 1.807) is 6.20 Å². The number of allylic oxidation sites excluding steroid dienone is 1. The summed E-state index contributed by atoms with van der Waals surface area (Å²) in [6.07, 6.45) is 3.87. The molecular formula is C27H30BrN5. The first-order valence-electron chi connectivity index (χ1n) is 11.4. The van der Waals surface area contributed by atoms with Gasteiger partial charge in [0.1, 0.15) is 5.82 Å². The Bertz CT molecular complexity index is 1230. The molecule has 2 heterocycles. The number of nitrogens with zero attached hydrogens (tertiary/aromatic N) is 3. The van der Waals surface area contributed by atoms with E-state index in [-0.39, 0.29) is 0 Å². The monoisotopic (exact) mass is 503 g/mol. The van der Waals surface area contributed by atoms with E-state index in [0.29, 0.717) is 5.92 Å². The van der Waals surface area contributed by atoms with Gasteiger partial charge in [0, 0.05) is 36.3 Å². The van der Waals surface area contributed by atoms with E-state index in [0.717, 1.165) is 58.8 Å². The van der Waals surface area contributed by atoms with Crippen LogP contribution in [0.1, 0.15) is 36.8 Å². The molecule has 0 saturated heterocycles.